The molecule has 0 bridgehead atoms. The first-order valence-corrected chi connectivity index (χ1v) is 12.8. The molecule has 0 unspecified atom stereocenters. The molecule has 190 valence electrons. The van der Waals surface area contributed by atoms with Crippen molar-refractivity contribution >= 4 is 12.2 Å². The Morgan fingerprint density at radius 3 is 2.03 bits per heavy atom. The molecule has 1 nitrogen and oxygen atoms in total. The van der Waals surface area contributed by atoms with Crippen LogP contribution in [-0.4, -0.2) is 6.61 Å². The number of halogens is 3. The molecule has 0 atom stereocenters. The highest BCUT2D eigenvalue weighted by Crippen LogP contribution is 2.29. The van der Waals surface area contributed by atoms with E-state index in [4.69, 9.17) is 4.74 Å². The Hall–Kier alpha value is -3.79. The summed E-state index contributed by atoms with van der Waals surface area (Å²) in [6.07, 6.45) is 7.72. The molecule has 0 aliphatic rings. The SMILES string of the molecule is CCCCCc1ccc(-c2ccc(C=Cc3ccc(-c4ccc(OCC)cc4F)cc3)c(F)c2F)cc1. The highest BCUT2D eigenvalue weighted by molar-refractivity contribution is 5.74. The van der Waals surface area contributed by atoms with Crippen LogP contribution < -0.4 is 4.74 Å². The van der Waals surface area contributed by atoms with Crippen LogP contribution >= 0.6 is 0 Å². The first-order valence-electron chi connectivity index (χ1n) is 12.8. The van der Waals surface area contributed by atoms with Crippen molar-refractivity contribution in [3.63, 3.8) is 0 Å². The van der Waals surface area contributed by atoms with Crippen LogP contribution in [0.15, 0.2) is 78.9 Å². The summed E-state index contributed by atoms with van der Waals surface area (Å²) in [5.74, 6) is -1.61. The normalized spacial score (nSPS) is 11.3. The minimum absolute atomic E-state index is 0.166. The Kier molecular flexibility index (Phi) is 8.84. The van der Waals surface area contributed by atoms with Gasteiger partial charge in [0, 0.05) is 22.8 Å². The van der Waals surface area contributed by atoms with Gasteiger partial charge in [0.15, 0.2) is 11.6 Å². The first-order chi connectivity index (χ1) is 18.0. The summed E-state index contributed by atoms with van der Waals surface area (Å²) in [5.41, 5.74) is 4.25. The molecular formula is C33H31F3O. The third-order valence-electron chi connectivity index (χ3n) is 6.37. The van der Waals surface area contributed by atoms with Crippen molar-refractivity contribution in [2.45, 2.75) is 39.5 Å². The fourth-order valence-electron chi connectivity index (χ4n) is 4.29. The summed E-state index contributed by atoms with van der Waals surface area (Å²) in [7, 11) is 0. The van der Waals surface area contributed by atoms with Crippen LogP contribution in [0.3, 0.4) is 0 Å². The molecule has 0 spiro atoms. The number of ether oxygens (including phenoxy) is 1. The lowest BCUT2D eigenvalue weighted by molar-refractivity contribution is 0.338. The van der Waals surface area contributed by atoms with E-state index >= 15 is 0 Å². The fourth-order valence-corrected chi connectivity index (χ4v) is 4.29. The largest absolute Gasteiger partial charge is 0.494 e. The summed E-state index contributed by atoms with van der Waals surface area (Å²) in [4.78, 5) is 0. The lowest BCUT2D eigenvalue weighted by Gasteiger charge is -2.08. The molecule has 0 radical (unpaired) electrons. The Morgan fingerprint density at radius 1 is 0.676 bits per heavy atom. The van der Waals surface area contributed by atoms with Crippen LogP contribution in [0.4, 0.5) is 13.2 Å². The van der Waals surface area contributed by atoms with Gasteiger partial charge in [0.25, 0.3) is 0 Å². The molecule has 0 aliphatic heterocycles. The summed E-state index contributed by atoms with van der Waals surface area (Å²) in [5, 5.41) is 0. The highest BCUT2D eigenvalue weighted by Gasteiger charge is 2.14. The third kappa shape index (κ3) is 6.51. The minimum Gasteiger partial charge on any atom is -0.494 e. The quantitative estimate of drug-likeness (QED) is 0.156. The van der Waals surface area contributed by atoms with Crippen molar-refractivity contribution in [1.29, 1.82) is 0 Å². The zero-order valence-corrected chi connectivity index (χ0v) is 21.2. The van der Waals surface area contributed by atoms with Gasteiger partial charge in [-0.3, -0.25) is 0 Å². The van der Waals surface area contributed by atoms with E-state index in [0.29, 0.717) is 23.5 Å². The van der Waals surface area contributed by atoms with Gasteiger partial charge < -0.3 is 4.74 Å². The highest BCUT2D eigenvalue weighted by atomic mass is 19.2. The number of hydrogen-bond acceptors (Lipinski definition) is 1. The van der Waals surface area contributed by atoms with Crippen LogP contribution in [0.1, 0.15) is 49.8 Å². The van der Waals surface area contributed by atoms with Crippen LogP contribution in [0, 0.1) is 17.5 Å². The third-order valence-corrected chi connectivity index (χ3v) is 6.37. The van der Waals surface area contributed by atoms with Crippen molar-refractivity contribution in [2.24, 2.45) is 0 Å². The Labute approximate surface area is 217 Å². The van der Waals surface area contributed by atoms with E-state index in [2.05, 4.69) is 6.92 Å². The molecular weight excluding hydrogens is 469 g/mol. The zero-order chi connectivity index (χ0) is 26.2. The monoisotopic (exact) mass is 500 g/mol. The molecule has 0 amide bonds. The second-order valence-electron chi connectivity index (χ2n) is 9.01. The molecule has 0 aromatic heterocycles. The summed E-state index contributed by atoms with van der Waals surface area (Å²) < 4.78 is 49.6. The Morgan fingerprint density at radius 2 is 1.35 bits per heavy atom. The zero-order valence-electron chi connectivity index (χ0n) is 21.2. The van der Waals surface area contributed by atoms with E-state index in [0.717, 1.165) is 24.0 Å². The maximum Gasteiger partial charge on any atom is 0.167 e. The number of rotatable bonds is 10. The molecule has 37 heavy (non-hydrogen) atoms. The summed E-state index contributed by atoms with van der Waals surface area (Å²) >= 11 is 0. The molecule has 0 aliphatic carbocycles. The van der Waals surface area contributed by atoms with Gasteiger partial charge in [0.1, 0.15) is 11.6 Å². The first kappa shape index (κ1) is 26.3. The standard InChI is InChI=1S/C33H31F3O/c1-3-5-6-7-23-8-15-26(16-9-23)30-20-18-27(32(35)33(30)36)17-12-24-10-13-25(14-11-24)29-21-19-28(37-4-2)22-31(29)34/h8-22H,3-7H2,1-2H3. The van der Waals surface area contributed by atoms with E-state index in [1.165, 1.54) is 24.5 Å². The number of hydrogen-bond donors (Lipinski definition) is 0. The minimum atomic E-state index is -0.881. The van der Waals surface area contributed by atoms with Crippen molar-refractivity contribution in [3.8, 4) is 28.0 Å². The molecule has 0 heterocycles. The lowest BCUT2D eigenvalue weighted by Crippen LogP contribution is -1.94. The van der Waals surface area contributed by atoms with Crippen molar-refractivity contribution in [3.05, 3.63) is 113 Å². The van der Waals surface area contributed by atoms with Gasteiger partial charge in [0.05, 0.1) is 6.61 Å². The summed E-state index contributed by atoms with van der Waals surface area (Å²) in [6, 6.07) is 22.9. The van der Waals surface area contributed by atoms with Crippen LogP contribution in [0.25, 0.3) is 34.4 Å². The van der Waals surface area contributed by atoms with Crippen LogP contribution in [0.2, 0.25) is 0 Å². The molecule has 4 rings (SSSR count). The predicted molar refractivity (Wildman–Crippen MR) is 147 cm³/mol. The average Bonchev–Trinajstić information content (AvgIpc) is 2.91. The van der Waals surface area contributed by atoms with Crippen molar-refractivity contribution in [1.82, 2.24) is 0 Å². The van der Waals surface area contributed by atoms with Gasteiger partial charge in [-0.25, -0.2) is 13.2 Å². The summed E-state index contributed by atoms with van der Waals surface area (Å²) in [6.45, 7) is 4.49. The molecule has 4 heteroatoms. The van der Waals surface area contributed by atoms with E-state index in [9.17, 15) is 13.2 Å². The van der Waals surface area contributed by atoms with E-state index < -0.39 is 11.6 Å². The average molecular weight is 501 g/mol. The smallest absolute Gasteiger partial charge is 0.167 e. The molecule has 0 N–H and O–H groups in total. The van der Waals surface area contributed by atoms with E-state index in [1.54, 1.807) is 48.6 Å². The van der Waals surface area contributed by atoms with Gasteiger partial charge in [-0.2, -0.15) is 0 Å². The van der Waals surface area contributed by atoms with Gasteiger partial charge >= 0.3 is 0 Å². The number of benzene rings is 4. The molecule has 0 saturated heterocycles. The number of unbranched alkanes of at least 4 members (excludes halogenated alkanes) is 2. The van der Waals surface area contributed by atoms with Crippen LogP contribution in [0.5, 0.6) is 5.75 Å². The Balaban J connectivity index is 1.47. The van der Waals surface area contributed by atoms with Gasteiger partial charge in [-0.15, -0.1) is 0 Å². The van der Waals surface area contributed by atoms with Gasteiger partial charge in [0.2, 0.25) is 0 Å². The molecule has 0 saturated carbocycles. The number of aryl methyl sites for hydroxylation is 1. The molecule has 4 aromatic carbocycles. The second-order valence-corrected chi connectivity index (χ2v) is 9.01. The van der Waals surface area contributed by atoms with E-state index in [1.807, 2.05) is 43.3 Å². The topological polar surface area (TPSA) is 9.23 Å². The lowest BCUT2D eigenvalue weighted by atomic mass is 9.99. The van der Waals surface area contributed by atoms with E-state index in [-0.39, 0.29) is 16.9 Å². The van der Waals surface area contributed by atoms with Crippen molar-refractivity contribution < 1.29 is 17.9 Å². The maximum atomic E-state index is 14.9. The van der Waals surface area contributed by atoms with Gasteiger partial charge in [-0.1, -0.05) is 92.6 Å². The Bertz CT molecular complexity index is 1360. The molecule has 0 fully saturated rings. The predicted octanol–water partition coefficient (Wildman–Crippen LogP) is 9.74. The van der Waals surface area contributed by atoms with Crippen molar-refractivity contribution in [2.75, 3.05) is 6.61 Å². The second kappa shape index (κ2) is 12.4. The maximum absolute atomic E-state index is 14.9. The molecule has 4 aromatic rings. The van der Waals surface area contributed by atoms with Gasteiger partial charge in [-0.05, 0) is 54.2 Å². The fraction of sp³-hybridized carbons (Fsp3) is 0.212. The van der Waals surface area contributed by atoms with Crippen LogP contribution in [-0.2, 0) is 6.42 Å².